The number of thioether (sulfide) groups is 1. The fourth-order valence-corrected chi connectivity index (χ4v) is 4.29. The molecule has 1 aromatic rings. The van der Waals surface area contributed by atoms with Crippen molar-refractivity contribution in [3.05, 3.63) is 23.7 Å². The molecule has 0 saturated carbocycles. The summed E-state index contributed by atoms with van der Waals surface area (Å²) in [5.74, 6) is 1.99. The van der Waals surface area contributed by atoms with Gasteiger partial charge in [0.25, 0.3) is 0 Å². The van der Waals surface area contributed by atoms with Crippen LogP contribution in [-0.4, -0.2) is 34.5 Å². The largest absolute Gasteiger partial charge is 0.465 e. The van der Waals surface area contributed by atoms with Crippen molar-refractivity contribution in [3.8, 4) is 0 Å². The molecule has 0 bridgehead atoms. The van der Waals surface area contributed by atoms with Crippen LogP contribution in [0, 0.1) is 6.92 Å². The maximum atomic E-state index is 6.37. The van der Waals surface area contributed by atoms with Gasteiger partial charge in [-0.3, -0.25) is 4.90 Å². The fourth-order valence-electron chi connectivity index (χ4n) is 2.94. The second kappa shape index (κ2) is 6.33. The Morgan fingerprint density at radius 3 is 2.47 bits per heavy atom. The van der Waals surface area contributed by atoms with E-state index >= 15 is 0 Å². The molecule has 2 N–H and O–H groups in total. The van der Waals surface area contributed by atoms with Crippen LogP contribution < -0.4 is 5.73 Å². The third kappa shape index (κ3) is 3.56. The standard InChI is InChI=1S/C15H26N2OS/c1-5-13(16)15(14-7-6-10(2)18-14)17-8-11(3)19-12(4)9-17/h6-7,11-13,15H,5,8-9,16H2,1-4H3. The Labute approximate surface area is 120 Å². The van der Waals surface area contributed by atoms with Crippen molar-refractivity contribution in [1.29, 1.82) is 0 Å². The third-order valence-corrected chi connectivity index (χ3v) is 5.00. The van der Waals surface area contributed by atoms with Crippen molar-refractivity contribution < 1.29 is 4.42 Å². The van der Waals surface area contributed by atoms with E-state index in [0.29, 0.717) is 10.5 Å². The van der Waals surface area contributed by atoms with Crippen LogP contribution in [0.4, 0.5) is 0 Å². The van der Waals surface area contributed by atoms with Gasteiger partial charge in [0.05, 0.1) is 6.04 Å². The van der Waals surface area contributed by atoms with Gasteiger partial charge in [0.2, 0.25) is 0 Å². The number of rotatable bonds is 4. The predicted octanol–water partition coefficient (Wildman–Crippen LogP) is 3.19. The third-order valence-electron chi connectivity index (χ3n) is 3.77. The lowest BCUT2D eigenvalue weighted by atomic mass is 10.0. The van der Waals surface area contributed by atoms with Crippen molar-refractivity contribution in [1.82, 2.24) is 4.90 Å². The van der Waals surface area contributed by atoms with Crippen molar-refractivity contribution in [2.24, 2.45) is 5.73 Å². The zero-order valence-electron chi connectivity index (χ0n) is 12.4. The lowest BCUT2D eigenvalue weighted by molar-refractivity contribution is 0.145. The number of nitrogens with two attached hydrogens (primary N) is 1. The number of hydrogen-bond donors (Lipinski definition) is 1. The molecule has 4 atom stereocenters. The zero-order valence-corrected chi connectivity index (χ0v) is 13.2. The Morgan fingerprint density at radius 1 is 1.37 bits per heavy atom. The van der Waals surface area contributed by atoms with E-state index in [2.05, 4.69) is 43.5 Å². The Hall–Kier alpha value is -0.450. The lowest BCUT2D eigenvalue weighted by Gasteiger charge is -2.41. The van der Waals surface area contributed by atoms with Crippen LogP contribution in [0.25, 0.3) is 0 Å². The van der Waals surface area contributed by atoms with Gasteiger partial charge in [-0.15, -0.1) is 0 Å². The SMILES string of the molecule is CCC(N)C(c1ccc(C)o1)N1CC(C)SC(C)C1. The minimum absolute atomic E-state index is 0.132. The number of hydrogen-bond acceptors (Lipinski definition) is 4. The predicted molar refractivity (Wildman–Crippen MR) is 82.5 cm³/mol. The molecule has 0 aromatic carbocycles. The molecule has 1 aliphatic rings. The summed E-state index contributed by atoms with van der Waals surface area (Å²) in [6, 6.07) is 4.47. The highest BCUT2D eigenvalue weighted by atomic mass is 32.2. The lowest BCUT2D eigenvalue weighted by Crippen LogP contribution is -2.48. The van der Waals surface area contributed by atoms with E-state index in [1.54, 1.807) is 0 Å². The molecule has 2 rings (SSSR count). The molecule has 19 heavy (non-hydrogen) atoms. The first-order valence-electron chi connectivity index (χ1n) is 7.22. The van der Waals surface area contributed by atoms with Crippen LogP contribution >= 0.6 is 11.8 Å². The van der Waals surface area contributed by atoms with Gasteiger partial charge < -0.3 is 10.2 Å². The van der Waals surface area contributed by atoms with Crippen LogP contribution in [0.1, 0.15) is 44.8 Å². The molecule has 4 unspecified atom stereocenters. The quantitative estimate of drug-likeness (QED) is 0.921. The average Bonchev–Trinajstić information content (AvgIpc) is 2.74. The molecule has 1 aliphatic heterocycles. The van der Waals surface area contributed by atoms with Crippen molar-refractivity contribution in [2.75, 3.05) is 13.1 Å². The number of aryl methyl sites for hydroxylation is 1. The minimum atomic E-state index is 0.132. The summed E-state index contributed by atoms with van der Waals surface area (Å²) in [5.41, 5.74) is 6.37. The van der Waals surface area contributed by atoms with Crippen LogP contribution in [0.5, 0.6) is 0 Å². The summed E-state index contributed by atoms with van der Waals surface area (Å²) in [7, 11) is 0. The summed E-state index contributed by atoms with van der Waals surface area (Å²) in [5, 5.41) is 1.32. The Morgan fingerprint density at radius 2 is 2.00 bits per heavy atom. The molecule has 0 spiro atoms. The molecule has 1 fully saturated rings. The molecule has 3 nitrogen and oxygen atoms in total. The van der Waals surface area contributed by atoms with Crippen LogP contribution in [0.3, 0.4) is 0 Å². The van der Waals surface area contributed by atoms with Gasteiger partial charge in [-0.05, 0) is 25.5 Å². The van der Waals surface area contributed by atoms with Gasteiger partial charge in [0.15, 0.2) is 0 Å². The first kappa shape index (κ1) is 14.9. The second-order valence-corrected chi connectivity index (χ2v) is 7.56. The summed E-state index contributed by atoms with van der Waals surface area (Å²) >= 11 is 2.07. The maximum Gasteiger partial charge on any atom is 0.122 e. The highest BCUT2D eigenvalue weighted by molar-refractivity contribution is 8.00. The maximum absolute atomic E-state index is 6.37. The monoisotopic (exact) mass is 282 g/mol. The van der Waals surface area contributed by atoms with Crippen LogP contribution in [-0.2, 0) is 0 Å². The Kier molecular flexibility index (Phi) is 4.98. The highest BCUT2D eigenvalue weighted by Crippen LogP contribution is 2.33. The van der Waals surface area contributed by atoms with Gasteiger partial charge in [0.1, 0.15) is 11.5 Å². The van der Waals surface area contributed by atoms with Crippen molar-refractivity contribution in [3.63, 3.8) is 0 Å². The molecule has 1 saturated heterocycles. The van der Waals surface area contributed by atoms with E-state index in [-0.39, 0.29) is 12.1 Å². The molecule has 108 valence electrons. The van der Waals surface area contributed by atoms with Gasteiger partial charge in [-0.25, -0.2) is 0 Å². The van der Waals surface area contributed by atoms with Gasteiger partial charge >= 0.3 is 0 Å². The molecule has 1 aromatic heterocycles. The normalized spacial score (nSPS) is 28.3. The van der Waals surface area contributed by atoms with Gasteiger partial charge in [-0.1, -0.05) is 20.8 Å². The molecule has 4 heteroatoms. The number of nitrogens with zero attached hydrogens (tertiary/aromatic N) is 1. The summed E-state index contributed by atoms with van der Waals surface area (Å²) in [4.78, 5) is 2.51. The van der Waals surface area contributed by atoms with E-state index in [1.165, 1.54) is 0 Å². The van der Waals surface area contributed by atoms with E-state index in [0.717, 1.165) is 31.0 Å². The van der Waals surface area contributed by atoms with Gasteiger partial charge in [-0.2, -0.15) is 11.8 Å². The minimum Gasteiger partial charge on any atom is -0.465 e. The molecular formula is C15H26N2OS. The zero-order chi connectivity index (χ0) is 14.0. The molecule has 0 radical (unpaired) electrons. The van der Waals surface area contributed by atoms with E-state index in [4.69, 9.17) is 10.2 Å². The average molecular weight is 282 g/mol. The first-order chi connectivity index (χ1) is 9.01. The Balaban J connectivity index is 2.22. The van der Waals surface area contributed by atoms with Crippen LogP contribution in [0.15, 0.2) is 16.5 Å². The number of furan rings is 1. The van der Waals surface area contributed by atoms with E-state index in [9.17, 15) is 0 Å². The smallest absolute Gasteiger partial charge is 0.122 e. The van der Waals surface area contributed by atoms with Gasteiger partial charge in [0, 0.05) is 29.6 Å². The molecular weight excluding hydrogens is 256 g/mol. The highest BCUT2D eigenvalue weighted by Gasteiger charge is 2.33. The summed E-state index contributed by atoms with van der Waals surface area (Å²) in [6.45, 7) is 10.9. The van der Waals surface area contributed by atoms with Crippen LogP contribution in [0.2, 0.25) is 0 Å². The first-order valence-corrected chi connectivity index (χ1v) is 8.17. The molecule has 2 heterocycles. The molecule has 0 amide bonds. The van der Waals surface area contributed by atoms with Crippen molar-refractivity contribution in [2.45, 2.75) is 56.7 Å². The van der Waals surface area contributed by atoms with E-state index < -0.39 is 0 Å². The topological polar surface area (TPSA) is 42.4 Å². The van der Waals surface area contributed by atoms with Crippen molar-refractivity contribution >= 4 is 11.8 Å². The summed E-state index contributed by atoms with van der Waals surface area (Å²) < 4.78 is 5.86. The van der Waals surface area contributed by atoms with E-state index in [1.807, 2.05) is 13.0 Å². The second-order valence-electron chi connectivity index (χ2n) is 5.68. The fraction of sp³-hybridized carbons (Fsp3) is 0.733. The summed E-state index contributed by atoms with van der Waals surface area (Å²) in [6.07, 6.45) is 0.969. The molecule has 0 aliphatic carbocycles. The Bertz CT molecular complexity index is 397.